The average molecular weight is 533 g/mol. The molecule has 202 valence electrons. The molecule has 4 aromatic rings. The minimum atomic E-state index is -1.94. The van der Waals surface area contributed by atoms with Crippen LogP contribution < -0.4 is 20.7 Å². The van der Waals surface area contributed by atoms with E-state index in [4.69, 9.17) is 9.47 Å². The predicted octanol–water partition coefficient (Wildman–Crippen LogP) is 2.61. The molecule has 0 saturated heterocycles. The van der Waals surface area contributed by atoms with Gasteiger partial charge in [-0.15, -0.1) is 0 Å². The summed E-state index contributed by atoms with van der Waals surface area (Å²) in [6.07, 6.45) is 2.37. The SMILES string of the molecule is C[C@@](NC(=O)OCc1ccccc1)(NC(=O)c1ccc2[nH]ncc2c1)C(=O)OCCCNc1cccc[n+]1[O-]. The van der Waals surface area contributed by atoms with Gasteiger partial charge in [0.1, 0.15) is 6.61 Å². The number of nitrogens with one attached hydrogen (secondary N) is 4. The number of ether oxygens (including phenoxy) is 2. The number of aromatic nitrogens is 3. The lowest BCUT2D eigenvalue weighted by Gasteiger charge is -2.29. The van der Waals surface area contributed by atoms with E-state index in [2.05, 4.69) is 26.1 Å². The van der Waals surface area contributed by atoms with Gasteiger partial charge in [-0.05, 0) is 36.8 Å². The van der Waals surface area contributed by atoms with Gasteiger partial charge in [-0.2, -0.15) is 5.10 Å². The van der Waals surface area contributed by atoms with Gasteiger partial charge in [0, 0.05) is 23.4 Å². The number of carbonyl (C=O) groups is 3. The molecule has 1 atom stereocenters. The summed E-state index contributed by atoms with van der Waals surface area (Å²) in [5.74, 6) is -1.15. The zero-order valence-corrected chi connectivity index (χ0v) is 21.2. The van der Waals surface area contributed by atoms with Crippen LogP contribution in [-0.4, -0.2) is 47.0 Å². The van der Waals surface area contributed by atoms with E-state index in [1.807, 2.05) is 6.07 Å². The molecule has 2 aromatic carbocycles. The second kappa shape index (κ2) is 12.4. The first-order valence-corrected chi connectivity index (χ1v) is 12.2. The van der Waals surface area contributed by atoms with Crippen molar-refractivity contribution < 1.29 is 28.6 Å². The van der Waals surface area contributed by atoms with Crippen molar-refractivity contribution in [2.45, 2.75) is 25.6 Å². The largest absolute Gasteiger partial charge is 0.711 e. The van der Waals surface area contributed by atoms with Crippen LogP contribution in [0.4, 0.5) is 10.6 Å². The topological polar surface area (TPSA) is 161 Å². The van der Waals surface area contributed by atoms with Crippen molar-refractivity contribution in [3.63, 3.8) is 0 Å². The van der Waals surface area contributed by atoms with E-state index in [0.29, 0.717) is 28.9 Å². The molecule has 39 heavy (non-hydrogen) atoms. The zero-order chi connectivity index (χ0) is 27.7. The molecule has 0 fully saturated rings. The number of fused-ring (bicyclic) bond motifs is 1. The fraction of sp³-hybridized carbons (Fsp3) is 0.222. The molecule has 0 bridgehead atoms. The molecular formula is C27H28N6O6. The van der Waals surface area contributed by atoms with Crippen LogP contribution in [0.5, 0.6) is 0 Å². The van der Waals surface area contributed by atoms with Crippen LogP contribution in [0.15, 0.2) is 79.1 Å². The van der Waals surface area contributed by atoms with E-state index < -0.39 is 23.6 Å². The summed E-state index contributed by atoms with van der Waals surface area (Å²) in [7, 11) is 0. The normalized spacial score (nSPS) is 12.2. The van der Waals surface area contributed by atoms with Crippen LogP contribution in [0.2, 0.25) is 0 Å². The monoisotopic (exact) mass is 532 g/mol. The summed E-state index contributed by atoms with van der Waals surface area (Å²) in [5, 5.41) is 27.1. The number of benzene rings is 2. The number of esters is 1. The summed E-state index contributed by atoms with van der Waals surface area (Å²) in [6.45, 7) is 1.59. The van der Waals surface area contributed by atoms with Gasteiger partial charge in [0.05, 0.1) is 31.1 Å². The number of anilines is 1. The maximum absolute atomic E-state index is 13.1. The van der Waals surface area contributed by atoms with Crippen LogP contribution in [0.25, 0.3) is 10.9 Å². The Morgan fingerprint density at radius 1 is 1.03 bits per heavy atom. The standard InChI is InChI=1S/C27H28N6O6/c1-27(31-26(36)39-18-19-8-3-2-4-9-19,30-24(34)20-11-12-22-21(16-20)17-29-32-22)25(35)38-15-7-13-28-23-10-5-6-14-33(23)37/h2-6,8-12,14,16-17,28H,7,13,15,18H2,1H3,(H,29,32)(H,30,34)(H,31,36)/t27-/m0/s1. The Labute approximate surface area is 223 Å². The van der Waals surface area contributed by atoms with Crippen molar-refractivity contribution in [1.82, 2.24) is 20.8 Å². The van der Waals surface area contributed by atoms with Crippen molar-refractivity contribution in [2.75, 3.05) is 18.5 Å². The van der Waals surface area contributed by atoms with Crippen molar-refractivity contribution >= 4 is 34.7 Å². The first-order valence-electron chi connectivity index (χ1n) is 12.2. The van der Waals surface area contributed by atoms with Crippen LogP contribution in [0.1, 0.15) is 29.3 Å². The molecule has 2 heterocycles. The molecule has 0 unspecified atom stereocenters. The maximum Gasteiger partial charge on any atom is 0.409 e. The number of alkyl carbamates (subject to hydrolysis) is 1. The first-order chi connectivity index (χ1) is 18.8. The van der Waals surface area contributed by atoms with Crippen LogP contribution in [0.3, 0.4) is 0 Å². The van der Waals surface area contributed by atoms with Crippen LogP contribution >= 0.6 is 0 Å². The Morgan fingerprint density at radius 3 is 2.62 bits per heavy atom. The van der Waals surface area contributed by atoms with E-state index in [1.165, 1.54) is 13.1 Å². The van der Waals surface area contributed by atoms with E-state index in [9.17, 15) is 19.6 Å². The molecule has 0 saturated carbocycles. The Balaban J connectivity index is 1.39. The number of pyridine rings is 1. The predicted molar refractivity (Wildman–Crippen MR) is 141 cm³/mol. The Morgan fingerprint density at radius 2 is 1.82 bits per heavy atom. The smallest absolute Gasteiger partial charge is 0.409 e. The molecule has 0 aliphatic rings. The minimum Gasteiger partial charge on any atom is -0.711 e. The van der Waals surface area contributed by atoms with E-state index >= 15 is 0 Å². The molecule has 4 rings (SSSR count). The van der Waals surface area contributed by atoms with Gasteiger partial charge < -0.3 is 20.0 Å². The fourth-order valence-electron chi connectivity index (χ4n) is 3.64. The fourth-order valence-corrected chi connectivity index (χ4v) is 3.64. The number of hydrogen-bond acceptors (Lipinski definition) is 8. The van der Waals surface area contributed by atoms with Gasteiger partial charge in [-0.3, -0.25) is 20.5 Å². The van der Waals surface area contributed by atoms with Crippen molar-refractivity contribution in [2.24, 2.45) is 0 Å². The highest BCUT2D eigenvalue weighted by Crippen LogP contribution is 2.15. The second-order valence-corrected chi connectivity index (χ2v) is 8.77. The van der Waals surface area contributed by atoms with Crippen LogP contribution in [0, 0.1) is 5.21 Å². The van der Waals surface area contributed by atoms with Gasteiger partial charge >= 0.3 is 12.1 Å². The van der Waals surface area contributed by atoms with Crippen molar-refractivity contribution in [3.8, 4) is 0 Å². The lowest BCUT2D eigenvalue weighted by molar-refractivity contribution is -0.590. The highest BCUT2D eigenvalue weighted by Gasteiger charge is 2.39. The lowest BCUT2D eigenvalue weighted by Crippen LogP contribution is -2.64. The number of rotatable bonds is 11. The summed E-state index contributed by atoms with van der Waals surface area (Å²) in [6, 6.07) is 18.8. The second-order valence-electron chi connectivity index (χ2n) is 8.77. The van der Waals surface area contributed by atoms with E-state index in [0.717, 1.165) is 11.1 Å². The highest BCUT2D eigenvalue weighted by atomic mass is 16.6. The molecular weight excluding hydrogens is 504 g/mol. The molecule has 4 N–H and O–H groups in total. The minimum absolute atomic E-state index is 0.0340. The average Bonchev–Trinajstić information content (AvgIpc) is 3.41. The molecule has 12 nitrogen and oxygen atoms in total. The Kier molecular flexibility index (Phi) is 8.57. The molecule has 0 aliphatic carbocycles. The number of nitrogens with zero attached hydrogens (tertiary/aromatic N) is 2. The van der Waals surface area contributed by atoms with Crippen molar-refractivity contribution in [3.05, 3.63) is 95.5 Å². The number of carbonyl (C=O) groups excluding carboxylic acids is 3. The van der Waals surface area contributed by atoms with Gasteiger partial charge in [-0.25, -0.2) is 14.3 Å². The van der Waals surface area contributed by atoms with Gasteiger partial charge in [-0.1, -0.05) is 36.4 Å². The van der Waals surface area contributed by atoms with Gasteiger partial charge in [0.2, 0.25) is 5.66 Å². The molecule has 0 aliphatic heterocycles. The zero-order valence-electron chi connectivity index (χ0n) is 21.2. The third-order valence-electron chi connectivity index (χ3n) is 5.72. The van der Waals surface area contributed by atoms with Crippen LogP contribution in [-0.2, 0) is 20.9 Å². The Bertz CT molecular complexity index is 1440. The third kappa shape index (κ3) is 7.22. The molecule has 0 spiro atoms. The first kappa shape index (κ1) is 26.9. The summed E-state index contributed by atoms with van der Waals surface area (Å²) in [5.41, 5.74) is -0.204. The van der Waals surface area contributed by atoms with Gasteiger partial charge in [0.15, 0.2) is 0 Å². The Hall–Kier alpha value is -5.13. The number of aromatic amines is 1. The maximum atomic E-state index is 13.1. The summed E-state index contributed by atoms with van der Waals surface area (Å²) >= 11 is 0. The lowest BCUT2D eigenvalue weighted by atomic mass is 10.1. The molecule has 12 heteroatoms. The number of H-pyrrole nitrogens is 1. The summed E-state index contributed by atoms with van der Waals surface area (Å²) in [4.78, 5) is 38.8. The van der Waals surface area contributed by atoms with Gasteiger partial charge in [0.25, 0.3) is 11.7 Å². The van der Waals surface area contributed by atoms with E-state index in [1.54, 1.807) is 66.9 Å². The number of amides is 2. The molecule has 0 radical (unpaired) electrons. The molecule has 2 aromatic heterocycles. The molecule has 2 amide bonds. The summed E-state index contributed by atoms with van der Waals surface area (Å²) < 4.78 is 11.3. The third-order valence-corrected chi connectivity index (χ3v) is 5.72. The van der Waals surface area contributed by atoms with E-state index in [-0.39, 0.29) is 18.8 Å². The number of hydrogen-bond donors (Lipinski definition) is 4. The quantitative estimate of drug-likeness (QED) is 0.0754. The highest BCUT2D eigenvalue weighted by molar-refractivity contribution is 6.01. The van der Waals surface area contributed by atoms with Crippen molar-refractivity contribution in [1.29, 1.82) is 0 Å².